The number of nitro groups is 1. The molecule has 1 N–H and O–H groups in total. The number of benzene rings is 2. The van der Waals surface area contributed by atoms with E-state index in [9.17, 15) is 14.9 Å². The van der Waals surface area contributed by atoms with Gasteiger partial charge in [-0.25, -0.2) is 0 Å². The molecule has 0 radical (unpaired) electrons. The lowest BCUT2D eigenvalue weighted by Gasteiger charge is -2.05. The molecule has 5 nitrogen and oxygen atoms in total. The zero-order valence-corrected chi connectivity index (χ0v) is 13.4. The van der Waals surface area contributed by atoms with Gasteiger partial charge in [-0.1, -0.05) is 36.4 Å². The molecular weight excluding hydrogens is 312 g/mol. The number of amides is 1. The molecular formula is C17H18N2O3S. The molecule has 0 saturated heterocycles. The average Bonchev–Trinajstić information content (AvgIpc) is 2.55. The number of nitrogens with one attached hydrogen (secondary N) is 1. The van der Waals surface area contributed by atoms with Crippen LogP contribution in [0.4, 0.5) is 11.4 Å². The molecule has 0 atom stereocenters. The number of hydrogen-bond donors (Lipinski definition) is 1. The van der Waals surface area contributed by atoms with Gasteiger partial charge in [-0.3, -0.25) is 14.9 Å². The third kappa shape index (κ3) is 6.12. The highest BCUT2D eigenvalue weighted by molar-refractivity contribution is 7.98. The number of non-ortho nitro benzene ring substituents is 1. The third-order valence-corrected chi connectivity index (χ3v) is 4.26. The van der Waals surface area contributed by atoms with Gasteiger partial charge in [-0.15, -0.1) is 0 Å². The summed E-state index contributed by atoms with van der Waals surface area (Å²) in [5.41, 5.74) is 1.71. The Morgan fingerprint density at radius 2 is 1.91 bits per heavy atom. The second-order valence-electron chi connectivity index (χ2n) is 5.00. The predicted octanol–water partition coefficient (Wildman–Crippen LogP) is 4.25. The molecule has 0 heterocycles. The molecule has 2 aromatic rings. The van der Waals surface area contributed by atoms with Crippen LogP contribution in [0.2, 0.25) is 0 Å². The molecule has 0 bridgehead atoms. The van der Waals surface area contributed by atoms with Crippen molar-refractivity contribution in [3.8, 4) is 0 Å². The van der Waals surface area contributed by atoms with E-state index in [-0.39, 0.29) is 11.6 Å². The molecule has 2 aromatic carbocycles. The first kappa shape index (κ1) is 17.0. The zero-order valence-electron chi connectivity index (χ0n) is 12.6. The van der Waals surface area contributed by atoms with Crippen LogP contribution in [-0.4, -0.2) is 16.6 Å². The number of carbonyl (C=O) groups is 1. The molecule has 23 heavy (non-hydrogen) atoms. The summed E-state index contributed by atoms with van der Waals surface area (Å²) in [5.74, 6) is 1.72. The molecule has 0 aromatic heterocycles. The van der Waals surface area contributed by atoms with Gasteiger partial charge in [0.05, 0.1) is 4.92 Å². The lowest BCUT2D eigenvalue weighted by molar-refractivity contribution is -0.384. The Bertz CT molecular complexity index is 662. The lowest BCUT2D eigenvalue weighted by Crippen LogP contribution is -2.11. The van der Waals surface area contributed by atoms with Crippen LogP contribution in [0, 0.1) is 10.1 Å². The van der Waals surface area contributed by atoms with Crippen molar-refractivity contribution in [2.45, 2.75) is 18.6 Å². The first-order chi connectivity index (χ1) is 11.1. The fourth-order valence-corrected chi connectivity index (χ4v) is 2.94. The summed E-state index contributed by atoms with van der Waals surface area (Å²) in [6, 6.07) is 16.2. The van der Waals surface area contributed by atoms with Crippen LogP contribution in [0.25, 0.3) is 0 Å². The van der Waals surface area contributed by atoms with Gasteiger partial charge in [0.15, 0.2) is 0 Å². The van der Waals surface area contributed by atoms with E-state index < -0.39 is 4.92 Å². The summed E-state index contributed by atoms with van der Waals surface area (Å²) in [7, 11) is 0. The molecule has 120 valence electrons. The molecule has 0 fully saturated rings. The Labute approximate surface area is 139 Å². The van der Waals surface area contributed by atoms with E-state index in [1.54, 1.807) is 23.9 Å². The number of rotatable bonds is 8. The van der Waals surface area contributed by atoms with E-state index in [1.165, 1.54) is 17.7 Å². The first-order valence-electron chi connectivity index (χ1n) is 7.31. The van der Waals surface area contributed by atoms with Crippen LogP contribution in [-0.2, 0) is 10.5 Å². The minimum absolute atomic E-state index is 0.0267. The second-order valence-corrected chi connectivity index (χ2v) is 6.10. The normalized spacial score (nSPS) is 10.3. The standard InChI is InChI=1S/C17H18N2O3S/c20-17(18-15-8-4-9-16(12-15)19(21)22)10-5-11-23-13-14-6-2-1-3-7-14/h1-4,6-9,12H,5,10-11,13H2,(H,18,20). The zero-order chi connectivity index (χ0) is 16.5. The molecule has 0 unspecified atom stereocenters. The summed E-state index contributed by atoms with van der Waals surface area (Å²) in [4.78, 5) is 22.1. The Hall–Kier alpha value is -2.34. The molecule has 6 heteroatoms. The number of carbonyl (C=O) groups excluding carboxylic acids is 1. The van der Waals surface area contributed by atoms with Gasteiger partial charge < -0.3 is 5.32 Å². The van der Waals surface area contributed by atoms with Crippen molar-refractivity contribution < 1.29 is 9.72 Å². The van der Waals surface area contributed by atoms with Crippen LogP contribution in [0.15, 0.2) is 54.6 Å². The molecule has 0 aliphatic carbocycles. The van der Waals surface area contributed by atoms with E-state index in [1.807, 2.05) is 18.2 Å². The number of nitrogens with zero attached hydrogens (tertiary/aromatic N) is 1. The Kier molecular flexibility index (Phi) is 6.62. The third-order valence-electron chi connectivity index (χ3n) is 3.14. The Morgan fingerprint density at radius 3 is 2.65 bits per heavy atom. The Balaban J connectivity index is 1.67. The van der Waals surface area contributed by atoms with Gasteiger partial charge in [-0.05, 0) is 23.8 Å². The fraction of sp³-hybridized carbons (Fsp3) is 0.235. The number of hydrogen-bond acceptors (Lipinski definition) is 4. The number of thioether (sulfide) groups is 1. The van der Waals surface area contributed by atoms with Gasteiger partial charge in [-0.2, -0.15) is 11.8 Å². The van der Waals surface area contributed by atoms with Gasteiger partial charge in [0.25, 0.3) is 5.69 Å². The van der Waals surface area contributed by atoms with E-state index in [0.717, 1.165) is 17.9 Å². The highest BCUT2D eigenvalue weighted by atomic mass is 32.2. The van der Waals surface area contributed by atoms with Crippen LogP contribution in [0.5, 0.6) is 0 Å². The van der Waals surface area contributed by atoms with Crippen molar-refractivity contribution in [1.29, 1.82) is 0 Å². The first-order valence-corrected chi connectivity index (χ1v) is 8.46. The molecule has 1 amide bonds. The van der Waals surface area contributed by atoms with Crippen LogP contribution in [0.3, 0.4) is 0 Å². The van der Waals surface area contributed by atoms with Crippen molar-refractivity contribution in [3.05, 3.63) is 70.3 Å². The molecule has 0 aliphatic rings. The molecule has 0 aliphatic heterocycles. The monoisotopic (exact) mass is 330 g/mol. The van der Waals surface area contributed by atoms with E-state index in [0.29, 0.717) is 12.1 Å². The fourth-order valence-electron chi connectivity index (χ4n) is 2.02. The minimum Gasteiger partial charge on any atom is -0.326 e. The molecule has 2 rings (SSSR count). The van der Waals surface area contributed by atoms with Crippen molar-refractivity contribution in [3.63, 3.8) is 0 Å². The van der Waals surface area contributed by atoms with Gasteiger partial charge in [0.1, 0.15) is 0 Å². The van der Waals surface area contributed by atoms with Crippen LogP contribution in [0.1, 0.15) is 18.4 Å². The molecule has 0 saturated carbocycles. The largest absolute Gasteiger partial charge is 0.326 e. The van der Waals surface area contributed by atoms with Gasteiger partial charge >= 0.3 is 0 Å². The van der Waals surface area contributed by atoms with Crippen LogP contribution < -0.4 is 5.32 Å². The van der Waals surface area contributed by atoms with Crippen molar-refractivity contribution >= 4 is 29.0 Å². The summed E-state index contributed by atoms with van der Waals surface area (Å²) in [6.07, 6.45) is 1.18. The smallest absolute Gasteiger partial charge is 0.271 e. The quantitative estimate of drug-likeness (QED) is 0.446. The lowest BCUT2D eigenvalue weighted by atomic mass is 10.2. The maximum absolute atomic E-state index is 11.8. The predicted molar refractivity (Wildman–Crippen MR) is 93.6 cm³/mol. The highest BCUT2D eigenvalue weighted by Crippen LogP contribution is 2.18. The Morgan fingerprint density at radius 1 is 1.13 bits per heavy atom. The number of anilines is 1. The van der Waals surface area contributed by atoms with Crippen molar-refractivity contribution in [2.75, 3.05) is 11.1 Å². The van der Waals surface area contributed by atoms with E-state index in [2.05, 4.69) is 17.4 Å². The topological polar surface area (TPSA) is 72.2 Å². The minimum atomic E-state index is -0.476. The van der Waals surface area contributed by atoms with E-state index in [4.69, 9.17) is 0 Å². The summed E-state index contributed by atoms with van der Waals surface area (Å²) in [5, 5.41) is 13.4. The van der Waals surface area contributed by atoms with Gasteiger partial charge in [0, 0.05) is 30.0 Å². The summed E-state index contributed by atoms with van der Waals surface area (Å²) >= 11 is 1.79. The highest BCUT2D eigenvalue weighted by Gasteiger charge is 2.08. The van der Waals surface area contributed by atoms with Gasteiger partial charge in [0.2, 0.25) is 5.91 Å². The second kappa shape index (κ2) is 8.95. The number of nitro benzene ring substituents is 1. The molecule has 0 spiro atoms. The summed E-state index contributed by atoms with van der Waals surface area (Å²) < 4.78 is 0. The van der Waals surface area contributed by atoms with Crippen molar-refractivity contribution in [1.82, 2.24) is 0 Å². The SMILES string of the molecule is O=C(CCCSCc1ccccc1)Nc1cccc([N+](=O)[O-])c1. The maximum Gasteiger partial charge on any atom is 0.271 e. The summed E-state index contributed by atoms with van der Waals surface area (Å²) in [6.45, 7) is 0. The maximum atomic E-state index is 11.8. The van der Waals surface area contributed by atoms with E-state index >= 15 is 0 Å². The van der Waals surface area contributed by atoms with Crippen LogP contribution >= 0.6 is 11.8 Å². The average molecular weight is 330 g/mol. The van der Waals surface area contributed by atoms with Crippen molar-refractivity contribution in [2.24, 2.45) is 0 Å².